The van der Waals surface area contributed by atoms with Gasteiger partial charge in [0.05, 0.1) is 0 Å². The summed E-state index contributed by atoms with van der Waals surface area (Å²) in [7, 11) is 0. The van der Waals surface area contributed by atoms with Crippen molar-refractivity contribution < 1.29 is 44.3 Å². The molecule has 0 bridgehead atoms. The summed E-state index contributed by atoms with van der Waals surface area (Å²) >= 11 is 0. The summed E-state index contributed by atoms with van der Waals surface area (Å²) in [5, 5.41) is 2.33. The van der Waals surface area contributed by atoms with Crippen molar-refractivity contribution in [3.05, 3.63) is 108 Å². The fourth-order valence-electron chi connectivity index (χ4n) is 3.07. The molecule has 4 aromatic rings. The summed E-state index contributed by atoms with van der Waals surface area (Å²) in [6, 6.07) is 19.6. The molecule has 0 saturated carbocycles. The lowest BCUT2D eigenvalue weighted by molar-refractivity contribution is -0.681. The molecule has 1 aromatic heterocycles. The van der Waals surface area contributed by atoms with Crippen LogP contribution in [0.1, 0.15) is 10.4 Å². The monoisotopic (exact) mass is 483 g/mol. The molecule has 0 fully saturated rings. The van der Waals surface area contributed by atoms with Gasteiger partial charge in [-0.15, -0.1) is 0 Å². The average Bonchev–Trinajstić information content (AvgIpc) is 2.81. The van der Waals surface area contributed by atoms with Crippen LogP contribution in [-0.4, -0.2) is 12.8 Å². The molecule has 1 heterocycles. The molecule has 0 aliphatic rings. The second-order valence-corrected chi connectivity index (χ2v) is 7.09. The maximum Gasteiger partial charge on any atom is 0.515 e. The SMILES string of the molecule is Fc1c(F)c(F)c([B-](F)(F)F)c(F)c1F.O=C(C[n+]1ccc2ccccc2c1)c1ccccc1. The first kappa shape index (κ1) is 24.9. The van der Waals surface area contributed by atoms with Crippen molar-refractivity contribution in [2.24, 2.45) is 0 Å². The van der Waals surface area contributed by atoms with Crippen molar-refractivity contribution in [3.63, 3.8) is 0 Å². The molecule has 11 heteroatoms. The fraction of sp³-hybridized carbons (Fsp3) is 0.0435. The van der Waals surface area contributed by atoms with Gasteiger partial charge in [-0.25, -0.2) is 22.0 Å². The topological polar surface area (TPSA) is 20.9 Å². The molecule has 2 nitrogen and oxygen atoms in total. The third-order valence-electron chi connectivity index (χ3n) is 4.74. The number of rotatable bonds is 4. The highest BCUT2D eigenvalue weighted by Gasteiger charge is 2.37. The van der Waals surface area contributed by atoms with Gasteiger partial charge in [0.15, 0.2) is 29.8 Å². The Kier molecular flexibility index (Phi) is 7.33. The number of benzene rings is 3. The first-order chi connectivity index (χ1) is 16.0. The van der Waals surface area contributed by atoms with Gasteiger partial charge in [-0.3, -0.25) is 4.79 Å². The van der Waals surface area contributed by atoms with Crippen LogP contribution in [0.25, 0.3) is 10.8 Å². The predicted molar refractivity (Wildman–Crippen MR) is 110 cm³/mol. The summed E-state index contributed by atoms with van der Waals surface area (Å²) in [6.45, 7) is -5.93. The number of nitrogens with zero attached hydrogens (tertiary/aromatic N) is 1. The molecule has 3 aromatic carbocycles. The lowest BCUT2D eigenvalue weighted by atomic mass is 9.79. The summed E-state index contributed by atoms with van der Waals surface area (Å²) in [5.74, 6) is -13.4. The molecule has 0 N–H and O–H groups in total. The highest BCUT2D eigenvalue weighted by atomic mass is 19.4. The van der Waals surface area contributed by atoms with Gasteiger partial charge < -0.3 is 12.9 Å². The van der Waals surface area contributed by atoms with Crippen molar-refractivity contribution >= 4 is 29.0 Å². The van der Waals surface area contributed by atoms with E-state index in [0.717, 1.165) is 10.9 Å². The maximum absolute atomic E-state index is 12.5. The van der Waals surface area contributed by atoms with Gasteiger partial charge in [-0.1, -0.05) is 48.5 Å². The average molecular weight is 483 g/mol. The molecule has 0 aliphatic heterocycles. The summed E-state index contributed by atoms with van der Waals surface area (Å²) < 4.78 is 99.5. The molecule has 0 spiro atoms. The second-order valence-electron chi connectivity index (χ2n) is 7.09. The molecule has 0 unspecified atom stereocenters. The highest BCUT2D eigenvalue weighted by Crippen LogP contribution is 2.21. The van der Waals surface area contributed by atoms with Crippen LogP contribution in [-0.2, 0) is 6.54 Å². The predicted octanol–water partition coefficient (Wildman–Crippen LogP) is 5.45. The molecular formula is C23H14BF8NO. The first-order valence-corrected chi connectivity index (χ1v) is 9.68. The third kappa shape index (κ3) is 5.41. The van der Waals surface area contributed by atoms with Crippen molar-refractivity contribution in [1.29, 1.82) is 0 Å². The van der Waals surface area contributed by atoms with Crippen LogP contribution in [0.15, 0.2) is 73.1 Å². The Balaban J connectivity index is 0.000000197. The Labute approximate surface area is 188 Å². The molecule has 0 atom stereocenters. The standard InChI is InChI=1S/C17H14NO.C6BF8/c19-17(15-7-2-1-3-8-15)13-18-11-10-14-6-4-5-9-16(14)12-18;8-2-1(7(13,14)15)3(9)5(11)6(12)4(2)10/h1-12H,13H2;/q+1;-1. The third-order valence-corrected chi connectivity index (χ3v) is 4.74. The van der Waals surface area contributed by atoms with E-state index < -0.39 is 41.5 Å². The Morgan fingerprint density at radius 2 is 1.18 bits per heavy atom. The van der Waals surface area contributed by atoms with E-state index in [0.29, 0.717) is 6.54 Å². The van der Waals surface area contributed by atoms with Gasteiger partial charge >= 0.3 is 6.98 Å². The van der Waals surface area contributed by atoms with E-state index >= 15 is 0 Å². The van der Waals surface area contributed by atoms with Gasteiger partial charge in [-0.2, -0.15) is 4.57 Å². The number of aromatic nitrogens is 1. The molecule has 4 rings (SSSR count). The summed E-state index contributed by atoms with van der Waals surface area (Å²) in [6.07, 6.45) is 3.96. The number of hydrogen-bond donors (Lipinski definition) is 0. The zero-order chi connectivity index (χ0) is 25.0. The molecule has 0 aliphatic carbocycles. The van der Waals surface area contributed by atoms with Crippen LogP contribution >= 0.6 is 0 Å². The Morgan fingerprint density at radius 3 is 1.74 bits per heavy atom. The van der Waals surface area contributed by atoms with E-state index in [1.807, 2.05) is 65.5 Å². The van der Waals surface area contributed by atoms with Crippen molar-refractivity contribution in [2.45, 2.75) is 6.54 Å². The number of pyridine rings is 1. The first-order valence-electron chi connectivity index (χ1n) is 9.68. The number of hydrogen-bond acceptors (Lipinski definition) is 1. The van der Waals surface area contributed by atoms with Crippen LogP contribution in [0.5, 0.6) is 0 Å². The fourth-order valence-corrected chi connectivity index (χ4v) is 3.07. The number of halogens is 8. The minimum atomic E-state index is -6.30. The maximum atomic E-state index is 12.5. The summed E-state index contributed by atoms with van der Waals surface area (Å²) in [4.78, 5) is 12.1. The van der Waals surface area contributed by atoms with Crippen molar-refractivity contribution in [2.75, 3.05) is 0 Å². The Bertz CT molecular complexity index is 1310. The van der Waals surface area contributed by atoms with Crippen LogP contribution < -0.4 is 10.0 Å². The normalized spacial score (nSPS) is 11.2. The number of carbonyl (C=O) groups is 1. The minimum absolute atomic E-state index is 0.126. The quantitative estimate of drug-likeness (QED) is 0.0946. The minimum Gasteiger partial charge on any atom is -0.445 e. The number of ketones is 1. The van der Waals surface area contributed by atoms with Crippen LogP contribution in [0.3, 0.4) is 0 Å². The second kappa shape index (κ2) is 10.0. The smallest absolute Gasteiger partial charge is 0.445 e. The Hall–Kier alpha value is -3.76. The Morgan fingerprint density at radius 1 is 0.676 bits per heavy atom. The van der Waals surface area contributed by atoms with Crippen LogP contribution in [0, 0.1) is 29.1 Å². The zero-order valence-electron chi connectivity index (χ0n) is 17.1. The lowest BCUT2D eigenvalue weighted by Crippen LogP contribution is -2.41. The molecule has 0 radical (unpaired) electrons. The van der Waals surface area contributed by atoms with Gasteiger partial charge in [-0.05, 0) is 16.9 Å². The van der Waals surface area contributed by atoms with E-state index in [-0.39, 0.29) is 5.78 Å². The molecule has 176 valence electrons. The van der Waals surface area contributed by atoms with E-state index in [4.69, 9.17) is 0 Å². The van der Waals surface area contributed by atoms with E-state index in [2.05, 4.69) is 12.1 Å². The molecular weight excluding hydrogens is 469 g/mol. The van der Waals surface area contributed by atoms with Crippen molar-refractivity contribution in [1.82, 2.24) is 0 Å². The number of fused-ring (bicyclic) bond motifs is 1. The van der Waals surface area contributed by atoms with E-state index in [1.165, 1.54) is 5.39 Å². The number of carbonyl (C=O) groups excluding carboxylic acids is 1. The van der Waals surface area contributed by atoms with Gasteiger partial charge in [0, 0.05) is 17.0 Å². The van der Waals surface area contributed by atoms with E-state index in [9.17, 15) is 39.7 Å². The zero-order valence-corrected chi connectivity index (χ0v) is 17.1. The van der Waals surface area contributed by atoms with Crippen LogP contribution in [0.4, 0.5) is 34.9 Å². The van der Waals surface area contributed by atoms with Crippen molar-refractivity contribution in [3.8, 4) is 0 Å². The molecule has 34 heavy (non-hydrogen) atoms. The van der Waals surface area contributed by atoms with E-state index in [1.54, 1.807) is 0 Å². The largest absolute Gasteiger partial charge is 0.515 e. The van der Waals surface area contributed by atoms with Gasteiger partial charge in [0.1, 0.15) is 11.6 Å². The molecule has 0 amide bonds. The number of Topliss-reactive ketones (excluding diaryl/α,β-unsaturated/α-hetero) is 1. The molecule has 0 saturated heterocycles. The summed E-state index contributed by atoms with van der Waals surface area (Å²) in [5.41, 5.74) is -1.98. The lowest BCUT2D eigenvalue weighted by Gasteiger charge is -2.17. The van der Waals surface area contributed by atoms with Gasteiger partial charge in [0.2, 0.25) is 12.3 Å². The van der Waals surface area contributed by atoms with Gasteiger partial charge in [0.25, 0.3) is 0 Å². The highest BCUT2D eigenvalue weighted by molar-refractivity contribution is 6.73. The van der Waals surface area contributed by atoms with Crippen LogP contribution in [0.2, 0.25) is 0 Å².